The monoisotopic (exact) mass is 255 g/mol. The number of hydrogen-bond donors (Lipinski definition) is 1. The predicted octanol–water partition coefficient (Wildman–Crippen LogP) is 2.18. The highest BCUT2D eigenvalue weighted by Crippen LogP contribution is 2.14. The van der Waals surface area contributed by atoms with E-state index in [-0.39, 0.29) is 0 Å². The number of unbranched alkanes of at least 4 members (excludes halogenated alkanes) is 3. The van der Waals surface area contributed by atoms with Crippen LogP contribution in [-0.4, -0.2) is 62.7 Å². The van der Waals surface area contributed by atoms with Crippen molar-refractivity contribution >= 4 is 0 Å². The van der Waals surface area contributed by atoms with E-state index in [0.717, 1.165) is 12.6 Å². The Kier molecular flexibility index (Phi) is 8.64. The van der Waals surface area contributed by atoms with Gasteiger partial charge in [-0.3, -0.25) is 0 Å². The normalized spacial score (nSPS) is 18.7. The van der Waals surface area contributed by atoms with Gasteiger partial charge in [-0.05, 0) is 72.5 Å². The fourth-order valence-electron chi connectivity index (χ4n) is 2.78. The van der Waals surface area contributed by atoms with E-state index in [1.165, 1.54) is 64.7 Å². The molecule has 0 aromatic carbocycles. The molecule has 108 valence electrons. The molecule has 1 aliphatic heterocycles. The second kappa shape index (κ2) is 9.76. The molecule has 1 fully saturated rings. The SMILES string of the molecule is CCNCCCCCCN1CCC(N(C)C)CC1. The van der Waals surface area contributed by atoms with E-state index in [2.05, 4.69) is 36.1 Å². The molecule has 1 saturated heterocycles. The van der Waals surface area contributed by atoms with Gasteiger partial charge < -0.3 is 15.1 Å². The highest BCUT2D eigenvalue weighted by molar-refractivity contribution is 4.76. The van der Waals surface area contributed by atoms with Crippen molar-refractivity contribution < 1.29 is 0 Å². The minimum absolute atomic E-state index is 0.821. The number of piperidine rings is 1. The fraction of sp³-hybridized carbons (Fsp3) is 1.00. The number of nitrogens with one attached hydrogen (secondary N) is 1. The van der Waals surface area contributed by atoms with Gasteiger partial charge in [-0.25, -0.2) is 0 Å². The zero-order valence-electron chi connectivity index (χ0n) is 12.7. The standard InChI is InChI=1S/C15H33N3/c1-4-16-11-7-5-6-8-12-18-13-9-15(10-14-18)17(2)3/h15-16H,4-14H2,1-3H3. The van der Waals surface area contributed by atoms with Crippen molar-refractivity contribution in [1.29, 1.82) is 0 Å². The average Bonchev–Trinajstić information content (AvgIpc) is 2.38. The minimum atomic E-state index is 0.821. The predicted molar refractivity (Wildman–Crippen MR) is 80.2 cm³/mol. The zero-order valence-corrected chi connectivity index (χ0v) is 12.7. The quantitative estimate of drug-likeness (QED) is 0.637. The summed E-state index contributed by atoms with van der Waals surface area (Å²) in [5.41, 5.74) is 0. The Morgan fingerprint density at radius 1 is 1.06 bits per heavy atom. The molecule has 1 aliphatic rings. The summed E-state index contributed by atoms with van der Waals surface area (Å²) in [4.78, 5) is 5.04. The van der Waals surface area contributed by atoms with Crippen LogP contribution in [0.5, 0.6) is 0 Å². The van der Waals surface area contributed by atoms with Crippen LogP contribution in [0.4, 0.5) is 0 Å². The molecule has 0 saturated carbocycles. The molecular weight excluding hydrogens is 222 g/mol. The maximum absolute atomic E-state index is 3.39. The van der Waals surface area contributed by atoms with Crippen molar-refractivity contribution in [1.82, 2.24) is 15.1 Å². The van der Waals surface area contributed by atoms with E-state index in [1.807, 2.05) is 0 Å². The van der Waals surface area contributed by atoms with Crippen LogP contribution in [0, 0.1) is 0 Å². The third-order valence-corrected chi connectivity index (χ3v) is 4.12. The van der Waals surface area contributed by atoms with Crippen molar-refractivity contribution in [3.63, 3.8) is 0 Å². The van der Waals surface area contributed by atoms with E-state index < -0.39 is 0 Å². The van der Waals surface area contributed by atoms with Crippen LogP contribution in [0.15, 0.2) is 0 Å². The Morgan fingerprint density at radius 3 is 2.33 bits per heavy atom. The van der Waals surface area contributed by atoms with Crippen LogP contribution in [0.2, 0.25) is 0 Å². The second-order valence-corrected chi connectivity index (χ2v) is 5.80. The third-order valence-electron chi connectivity index (χ3n) is 4.12. The first kappa shape index (κ1) is 15.9. The maximum Gasteiger partial charge on any atom is 0.0113 e. The number of likely N-dealkylation sites (tertiary alicyclic amines) is 1. The number of rotatable bonds is 9. The summed E-state index contributed by atoms with van der Waals surface area (Å²) in [6, 6.07) is 0.821. The van der Waals surface area contributed by atoms with E-state index in [9.17, 15) is 0 Å². The van der Waals surface area contributed by atoms with Gasteiger partial charge in [-0.15, -0.1) is 0 Å². The molecule has 0 bridgehead atoms. The second-order valence-electron chi connectivity index (χ2n) is 5.80. The molecule has 0 atom stereocenters. The Bertz CT molecular complexity index is 186. The van der Waals surface area contributed by atoms with E-state index in [4.69, 9.17) is 0 Å². The first-order valence-corrected chi connectivity index (χ1v) is 7.83. The summed E-state index contributed by atoms with van der Waals surface area (Å²) < 4.78 is 0. The van der Waals surface area contributed by atoms with Gasteiger partial charge >= 0.3 is 0 Å². The largest absolute Gasteiger partial charge is 0.317 e. The molecular formula is C15H33N3. The van der Waals surface area contributed by atoms with Gasteiger partial charge in [0, 0.05) is 6.04 Å². The van der Waals surface area contributed by atoms with Gasteiger partial charge in [0.05, 0.1) is 0 Å². The highest BCUT2D eigenvalue weighted by Gasteiger charge is 2.19. The lowest BCUT2D eigenvalue weighted by Crippen LogP contribution is -2.42. The van der Waals surface area contributed by atoms with Gasteiger partial charge in [0.15, 0.2) is 0 Å². The van der Waals surface area contributed by atoms with Gasteiger partial charge in [0.25, 0.3) is 0 Å². The van der Waals surface area contributed by atoms with Gasteiger partial charge in [-0.2, -0.15) is 0 Å². The summed E-state index contributed by atoms with van der Waals surface area (Å²) in [5.74, 6) is 0. The molecule has 0 unspecified atom stereocenters. The topological polar surface area (TPSA) is 18.5 Å². The lowest BCUT2D eigenvalue weighted by atomic mass is 10.0. The summed E-state index contributed by atoms with van der Waals surface area (Å²) in [5, 5.41) is 3.39. The van der Waals surface area contributed by atoms with E-state index in [1.54, 1.807) is 0 Å². The lowest BCUT2D eigenvalue weighted by molar-refractivity contribution is 0.143. The van der Waals surface area contributed by atoms with Crippen LogP contribution in [0.1, 0.15) is 45.4 Å². The molecule has 0 aromatic rings. The van der Waals surface area contributed by atoms with Crippen LogP contribution in [0.3, 0.4) is 0 Å². The van der Waals surface area contributed by atoms with Gasteiger partial charge in [-0.1, -0.05) is 19.8 Å². The van der Waals surface area contributed by atoms with Crippen molar-refractivity contribution in [3.05, 3.63) is 0 Å². The summed E-state index contributed by atoms with van der Waals surface area (Å²) >= 11 is 0. The maximum atomic E-state index is 3.39. The highest BCUT2D eigenvalue weighted by atomic mass is 15.2. The van der Waals surface area contributed by atoms with Crippen LogP contribution < -0.4 is 5.32 Å². The minimum Gasteiger partial charge on any atom is -0.317 e. The van der Waals surface area contributed by atoms with Crippen LogP contribution in [-0.2, 0) is 0 Å². The lowest BCUT2D eigenvalue weighted by Gasteiger charge is -2.35. The Balaban J connectivity index is 1.91. The first-order valence-electron chi connectivity index (χ1n) is 7.83. The van der Waals surface area contributed by atoms with E-state index in [0.29, 0.717) is 0 Å². The van der Waals surface area contributed by atoms with Crippen molar-refractivity contribution in [2.75, 3.05) is 46.8 Å². The Labute approximate surface area is 114 Å². The summed E-state index contributed by atoms with van der Waals surface area (Å²) in [7, 11) is 4.43. The van der Waals surface area contributed by atoms with Gasteiger partial charge in [0.2, 0.25) is 0 Å². The molecule has 1 heterocycles. The molecule has 3 nitrogen and oxygen atoms in total. The molecule has 0 aliphatic carbocycles. The van der Waals surface area contributed by atoms with Crippen molar-refractivity contribution in [3.8, 4) is 0 Å². The smallest absolute Gasteiger partial charge is 0.0113 e. The van der Waals surface area contributed by atoms with Gasteiger partial charge in [0.1, 0.15) is 0 Å². The molecule has 1 rings (SSSR count). The van der Waals surface area contributed by atoms with Crippen LogP contribution in [0.25, 0.3) is 0 Å². The molecule has 3 heteroatoms. The van der Waals surface area contributed by atoms with E-state index >= 15 is 0 Å². The van der Waals surface area contributed by atoms with Crippen LogP contribution >= 0.6 is 0 Å². The third kappa shape index (κ3) is 6.72. The molecule has 0 aromatic heterocycles. The van der Waals surface area contributed by atoms with Crippen molar-refractivity contribution in [2.24, 2.45) is 0 Å². The number of hydrogen-bond acceptors (Lipinski definition) is 3. The number of nitrogens with zero attached hydrogens (tertiary/aromatic N) is 2. The molecule has 0 radical (unpaired) electrons. The average molecular weight is 255 g/mol. The Morgan fingerprint density at radius 2 is 1.72 bits per heavy atom. The Hall–Kier alpha value is -0.120. The summed E-state index contributed by atoms with van der Waals surface area (Å²) in [6.45, 7) is 8.42. The zero-order chi connectivity index (χ0) is 13.2. The molecule has 0 spiro atoms. The molecule has 18 heavy (non-hydrogen) atoms. The molecule has 1 N–H and O–H groups in total. The van der Waals surface area contributed by atoms with Crippen molar-refractivity contribution in [2.45, 2.75) is 51.5 Å². The summed E-state index contributed by atoms with van der Waals surface area (Å²) in [6.07, 6.45) is 8.23. The fourth-order valence-corrected chi connectivity index (χ4v) is 2.78. The molecule has 0 amide bonds. The first-order chi connectivity index (χ1) is 8.74.